The molecule has 0 aliphatic rings. The van der Waals surface area contributed by atoms with Gasteiger partial charge in [-0.1, -0.05) is 267 Å². The summed E-state index contributed by atoms with van der Waals surface area (Å²) in [5.74, 6) is 0. The van der Waals surface area contributed by atoms with Crippen LogP contribution in [0.2, 0.25) is 0 Å². The van der Waals surface area contributed by atoms with E-state index in [1.54, 1.807) is 0 Å². The molecule has 0 fully saturated rings. The SMILES string of the molecule is S=P([N-]P(=S)(c1ccccc1)c1ccccc1)(c1ccccc1)c1ccccc1.S=P([N-]P(=S)(c1ccccc1)c1ccccc1)(c1ccccc1)c1ccccc1.[Pd+2]. The van der Waals surface area contributed by atoms with E-state index in [0.717, 1.165) is 42.4 Å². The van der Waals surface area contributed by atoms with Crippen molar-refractivity contribution in [1.29, 1.82) is 0 Å². The fraction of sp³-hybridized carbons (Fsp3) is 0. The topological polar surface area (TPSA) is 28.2 Å². The van der Waals surface area contributed by atoms with Crippen molar-refractivity contribution in [2.75, 3.05) is 0 Å². The Morgan fingerprint density at radius 3 is 0.407 bits per heavy atom. The summed E-state index contributed by atoms with van der Waals surface area (Å²) < 4.78 is 0. The van der Waals surface area contributed by atoms with Gasteiger partial charge < -0.3 is 9.72 Å². The smallest absolute Gasteiger partial charge is 0.577 e. The summed E-state index contributed by atoms with van der Waals surface area (Å²) in [5, 5.41) is 8.57. The third kappa shape index (κ3) is 10.5. The third-order valence-corrected chi connectivity index (χ3v) is 29.1. The van der Waals surface area contributed by atoms with Crippen molar-refractivity contribution in [2.45, 2.75) is 0 Å². The van der Waals surface area contributed by atoms with E-state index in [1.165, 1.54) is 0 Å². The standard InChI is InChI=1S/2C24H20NP2S2.Pd/c2*28-26(21-13-5-1-6-14-21,22-15-7-2-8-16-22)25-27(29,23-17-9-3-10-18-23)24-19-11-4-12-20-24;/h2*1-20H;/q2*-1;+2. The zero-order valence-electron chi connectivity index (χ0n) is 31.7. The molecule has 0 atom stereocenters. The van der Waals surface area contributed by atoms with Crippen LogP contribution in [-0.4, -0.2) is 0 Å². The molecule has 0 saturated carbocycles. The minimum absolute atomic E-state index is 0. The Labute approximate surface area is 383 Å². The van der Waals surface area contributed by atoms with Crippen molar-refractivity contribution in [1.82, 2.24) is 0 Å². The molecule has 8 rings (SSSR count). The van der Waals surface area contributed by atoms with Crippen molar-refractivity contribution >= 4 is 114 Å². The molecule has 0 amide bonds. The summed E-state index contributed by atoms with van der Waals surface area (Å²) in [4.78, 5) is 10.9. The number of hydrogen-bond acceptors (Lipinski definition) is 4. The molecule has 8 aromatic rings. The van der Waals surface area contributed by atoms with Gasteiger partial charge in [0.1, 0.15) is 0 Å². The molecule has 8 aromatic carbocycles. The van der Waals surface area contributed by atoms with Crippen LogP contribution < -0.4 is 42.4 Å². The molecular weight excluding hydrogens is 963 g/mol. The van der Waals surface area contributed by atoms with Crippen molar-refractivity contribution in [2.24, 2.45) is 0 Å². The Balaban J connectivity index is 0.000000195. The van der Waals surface area contributed by atoms with Crippen LogP contribution in [0.1, 0.15) is 0 Å². The fourth-order valence-electron chi connectivity index (χ4n) is 6.40. The first-order chi connectivity index (χ1) is 28.3. The van der Waals surface area contributed by atoms with Crippen LogP contribution in [-0.2, 0) is 67.7 Å². The van der Waals surface area contributed by atoms with E-state index in [1.807, 2.05) is 146 Å². The van der Waals surface area contributed by atoms with Crippen LogP contribution in [0.4, 0.5) is 0 Å². The number of nitrogens with zero attached hydrogens (tertiary/aromatic N) is 2. The van der Waals surface area contributed by atoms with Crippen molar-refractivity contribution in [3.8, 4) is 0 Å². The van der Waals surface area contributed by atoms with Gasteiger partial charge in [0.25, 0.3) is 0 Å². The second kappa shape index (κ2) is 21.1. The molecule has 59 heavy (non-hydrogen) atoms. The molecule has 0 aliphatic heterocycles. The van der Waals surface area contributed by atoms with E-state index >= 15 is 0 Å². The van der Waals surface area contributed by atoms with Crippen molar-refractivity contribution in [3.63, 3.8) is 0 Å². The molecule has 0 aromatic heterocycles. The minimum atomic E-state index is -2.47. The van der Waals surface area contributed by atoms with Gasteiger partial charge in [-0.05, 0) is 42.4 Å². The second-order valence-electron chi connectivity index (χ2n) is 13.2. The molecule has 2 nitrogen and oxygen atoms in total. The van der Waals surface area contributed by atoms with Crippen molar-refractivity contribution in [3.05, 3.63) is 252 Å². The summed E-state index contributed by atoms with van der Waals surface area (Å²) >= 11 is 25.6. The van der Waals surface area contributed by atoms with Crippen LogP contribution in [0, 0.1) is 0 Å². The molecule has 0 spiro atoms. The van der Waals surface area contributed by atoms with Crippen LogP contribution >= 0.6 is 24.8 Å². The summed E-state index contributed by atoms with van der Waals surface area (Å²) in [6.07, 6.45) is -9.89. The molecular formula is C48H40N2P4PdS4. The van der Waals surface area contributed by atoms with Gasteiger partial charge >= 0.3 is 20.4 Å². The second-order valence-corrected chi connectivity index (χ2v) is 29.7. The van der Waals surface area contributed by atoms with Gasteiger partial charge in [-0.3, -0.25) is 0 Å². The molecule has 0 unspecified atom stereocenters. The number of hydrogen-bond donors (Lipinski definition) is 0. The summed E-state index contributed by atoms with van der Waals surface area (Å²) in [7, 11) is 0. The van der Waals surface area contributed by atoms with Gasteiger partial charge in [0.2, 0.25) is 0 Å². The Morgan fingerprint density at radius 1 is 0.203 bits per heavy atom. The molecule has 0 saturated heterocycles. The molecule has 0 N–H and O–H groups in total. The molecule has 0 heterocycles. The zero-order valence-corrected chi connectivity index (χ0v) is 40.1. The first-order valence-electron chi connectivity index (χ1n) is 18.6. The van der Waals surface area contributed by atoms with Crippen LogP contribution in [0.3, 0.4) is 0 Å². The van der Waals surface area contributed by atoms with Crippen molar-refractivity contribution < 1.29 is 20.4 Å². The predicted octanol–water partition coefficient (Wildman–Crippen LogP) is 10.9. The molecule has 296 valence electrons. The van der Waals surface area contributed by atoms with Crippen LogP contribution in [0.5, 0.6) is 0 Å². The number of benzene rings is 8. The summed E-state index contributed by atoms with van der Waals surface area (Å²) in [6, 6.07) is 82.0. The normalized spacial score (nSPS) is 11.7. The van der Waals surface area contributed by atoms with Gasteiger partial charge in [-0.25, -0.2) is 0 Å². The Bertz CT molecular complexity index is 2160. The maximum absolute atomic E-state index is 6.39. The number of rotatable bonds is 12. The maximum atomic E-state index is 6.39. The molecule has 0 bridgehead atoms. The summed E-state index contributed by atoms with van der Waals surface area (Å²) in [5.41, 5.74) is 0. The average Bonchev–Trinajstić information content (AvgIpc) is 3.31. The molecule has 11 heteroatoms. The van der Waals surface area contributed by atoms with Gasteiger partial charge in [-0.15, -0.1) is 47.2 Å². The van der Waals surface area contributed by atoms with E-state index in [0.29, 0.717) is 0 Å². The van der Waals surface area contributed by atoms with Crippen LogP contribution in [0.15, 0.2) is 243 Å². The predicted molar refractivity (Wildman–Crippen MR) is 272 cm³/mol. The largest absolute Gasteiger partial charge is 2.00 e. The quantitative estimate of drug-likeness (QED) is 0.0901. The average molecular weight is 1000 g/mol. The zero-order chi connectivity index (χ0) is 40.3. The van der Waals surface area contributed by atoms with E-state index in [2.05, 4.69) is 97.1 Å². The monoisotopic (exact) mass is 1000 g/mol. The van der Waals surface area contributed by atoms with E-state index in [4.69, 9.17) is 56.9 Å². The van der Waals surface area contributed by atoms with Gasteiger partial charge in [-0.2, -0.15) is 0 Å². The maximum Gasteiger partial charge on any atom is 2.00 e. The van der Waals surface area contributed by atoms with Gasteiger partial charge in [0.05, 0.1) is 0 Å². The minimum Gasteiger partial charge on any atom is -0.577 e. The Hall–Kier alpha value is -3.06. The summed E-state index contributed by atoms with van der Waals surface area (Å²) in [6.45, 7) is 0. The first-order valence-corrected chi connectivity index (χ1v) is 29.6. The Morgan fingerprint density at radius 2 is 0.305 bits per heavy atom. The fourth-order valence-corrected chi connectivity index (χ4v) is 26.0. The van der Waals surface area contributed by atoms with Gasteiger partial charge in [0.15, 0.2) is 0 Å². The molecule has 0 radical (unpaired) electrons. The third-order valence-electron chi connectivity index (χ3n) is 9.35. The van der Waals surface area contributed by atoms with E-state index in [-0.39, 0.29) is 20.4 Å². The van der Waals surface area contributed by atoms with E-state index < -0.39 is 24.8 Å². The first kappa shape index (κ1) is 45.5. The Kier molecular flexibility index (Phi) is 16.3. The molecule has 0 aliphatic carbocycles. The van der Waals surface area contributed by atoms with E-state index in [9.17, 15) is 0 Å². The van der Waals surface area contributed by atoms with Gasteiger partial charge in [0, 0.05) is 0 Å². The van der Waals surface area contributed by atoms with Crippen LogP contribution in [0.25, 0.3) is 9.72 Å².